The number of likely N-dealkylation sites (N-methyl/N-ethyl adjacent to an activating group) is 1. The number of hydrogen-bond acceptors (Lipinski definition) is 6. The van der Waals surface area contributed by atoms with Crippen molar-refractivity contribution in [1.82, 2.24) is 15.1 Å². The van der Waals surface area contributed by atoms with E-state index in [9.17, 15) is 14.4 Å². The Morgan fingerprint density at radius 1 is 1.11 bits per heavy atom. The molecule has 0 saturated carbocycles. The number of amides is 3. The summed E-state index contributed by atoms with van der Waals surface area (Å²) < 4.78 is 11.6. The van der Waals surface area contributed by atoms with Crippen molar-refractivity contribution in [1.29, 1.82) is 0 Å². The Hall–Kier alpha value is -1.71. The van der Waals surface area contributed by atoms with Crippen LogP contribution < -0.4 is 11.1 Å². The summed E-state index contributed by atoms with van der Waals surface area (Å²) in [7, 11) is 4.95. The molecule has 1 heterocycles. The summed E-state index contributed by atoms with van der Waals surface area (Å²) >= 11 is 0. The molecule has 7 atom stereocenters. The van der Waals surface area contributed by atoms with Gasteiger partial charge in [-0.25, -0.2) is 0 Å². The molecule has 210 valence electrons. The lowest BCUT2D eigenvalue weighted by Crippen LogP contribution is -2.56. The first kappa shape index (κ1) is 32.3. The van der Waals surface area contributed by atoms with E-state index in [4.69, 9.17) is 15.2 Å². The Balaban J connectivity index is 3.09. The molecule has 1 fully saturated rings. The Labute approximate surface area is 218 Å². The lowest BCUT2D eigenvalue weighted by molar-refractivity contribution is -0.146. The molecule has 36 heavy (non-hydrogen) atoms. The van der Waals surface area contributed by atoms with E-state index in [1.165, 1.54) is 0 Å². The van der Waals surface area contributed by atoms with E-state index in [2.05, 4.69) is 19.2 Å². The van der Waals surface area contributed by atoms with Gasteiger partial charge < -0.3 is 30.3 Å². The van der Waals surface area contributed by atoms with Crippen LogP contribution in [-0.4, -0.2) is 92.2 Å². The molecular formula is C27H52N4O5. The molecule has 0 aromatic carbocycles. The second-order valence-electron chi connectivity index (χ2n) is 10.7. The molecule has 9 heteroatoms. The summed E-state index contributed by atoms with van der Waals surface area (Å²) in [4.78, 5) is 42.9. The van der Waals surface area contributed by atoms with Gasteiger partial charge in [0.05, 0.1) is 42.7 Å². The van der Waals surface area contributed by atoms with Gasteiger partial charge in [-0.2, -0.15) is 0 Å². The number of methoxy groups -OCH3 is 2. The SMILES string of the molecule is CCCNC(=O)[C@H](C)[C@@H](OC)[C@@H]1CCCN1C(=O)C[C@@H](OC)[C@H]([C@@H](C)CC)N(C)C(=O)[C@@H](N)C(C)C. The van der Waals surface area contributed by atoms with Crippen LogP contribution in [-0.2, 0) is 23.9 Å². The Bertz CT molecular complexity index is 704. The average molecular weight is 513 g/mol. The summed E-state index contributed by atoms with van der Waals surface area (Å²) in [5.74, 6) is -0.513. The third-order valence-electron chi connectivity index (χ3n) is 7.81. The van der Waals surface area contributed by atoms with Crippen LogP contribution in [0.4, 0.5) is 0 Å². The largest absolute Gasteiger partial charge is 0.379 e. The maximum Gasteiger partial charge on any atom is 0.239 e. The van der Waals surface area contributed by atoms with Crippen LogP contribution in [0.1, 0.15) is 73.6 Å². The summed E-state index contributed by atoms with van der Waals surface area (Å²) in [6.07, 6.45) is 2.59. The summed E-state index contributed by atoms with van der Waals surface area (Å²) in [6.45, 7) is 13.1. The zero-order valence-corrected chi connectivity index (χ0v) is 24.1. The highest BCUT2D eigenvalue weighted by Gasteiger charge is 2.42. The quantitative estimate of drug-likeness (QED) is 0.348. The van der Waals surface area contributed by atoms with E-state index in [0.717, 1.165) is 25.7 Å². The Kier molecular flexibility index (Phi) is 13.9. The highest BCUT2D eigenvalue weighted by Crippen LogP contribution is 2.29. The number of likely N-dealkylation sites (tertiary alicyclic amines) is 1. The minimum absolute atomic E-state index is 0.00742. The molecule has 1 aliphatic heterocycles. The number of hydrogen-bond donors (Lipinski definition) is 2. The van der Waals surface area contributed by atoms with Crippen molar-refractivity contribution in [2.24, 2.45) is 23.5 Å². The van der Waals surface area contributed by atoms with Gasteiger partial charge in [0.1, 0.15) is 0 Å². The van der Waals surface area contributed by atoms with Crippen LogP contribution in [0.3, 0.4) is 0 Å². The molecule has 0 aliphatic carbocycles. The fraction of sp³-hybridized carbons (Fsp3) is 0.889. The van der Waals surface area contributed by atoms with Gasteiger partial charge in [0.25, 0.3) is 0 Å². The first-order chi connectivity index (χ1) is 17.0. The molecule has 9 nitrogen and oxygen atoms in total. The number of nitrogens with one attached hydrogen (secondary N) is 1. The number of rotatable bonds is 15. The highest BCUT2D eigenvalue weighted by atomic mass is 16.5. The van der Waals surface area contributed by atoms with Crippen molar-refractivity contribution in [3.05, 3.63) is 0 Å². The highest BCUT2D eigenvalue weighted by molar-refractivity contribution is 5.82. The van der Waals surface area contributed by atoms with E-state index in [1.807, 2.05) is 32.6 Å². The predicted octanol–water partition coefficient (Wildman–Crippen LogP) is 2.42. The third-order valence-corrected chi connectivity index (χ3v) is 7.81. The van der Waals surface area contributed by atoms with E-state index < -0.39 is 18.2 Å². The van der Waals surface area contributed by atoms with Crippen LogP contribution in [0.5, 0.6) is 0 Å². The molecule has 1 rings (SSSR count). The van der Waals surface area contributed by atoms with Gasteiger partial charge in [-0.3, -0.25) is 14.4 Å². The second kappa shape index (κ2) is 15.5. The Morgan fingerprint density at radius 3 is 2.25 bits per heavy atom. The van der Waals surface area contributed by atoms with E-state index in [-0.39, 0.29) is 54.0 Å². The fourth-order valence-electron chi connectivity index (χ4n) is 5.24. The molecule has 1 aliphatic rings. The number of nitrogens with two attached hydrogens (primary N) is 1. The van der Waals surface area contributed by atoms with Crippen molar-refractivity contribution in [3.63, 3.8) is 0 Å². The lowest BCUT2D eigenvalue weighted by Gasteiger charge is -2.40. The van der Waals surface area contributed by atoms with Crippen molar-refractivity contribution in [2.75, 3.05) is 34.4 Å². The number of carbonyl (C=O) groups excluding carboxylic acids is 3. The van der Waals surface area contributed by atoms with Crippen LogP contribution in [0.25, 0.3) is 0 Å². The van der Waals surface area contributed by atoms with Gasteiger partial charge in [0.2, 0.25) is 17.7 Å². The fourth-order valence-corrected chi connectivity index (χ4v) is 5.24. The smallest absolute Gasteiger partial charge is 0.239 e. The van der Waals surface area contributed by atoms with Crippen LogP contribution >= 0.6 is 0 Å². The molecule has 0 radical (unpaired) electrons. The minimum atomic E-state index is -0.611. The van der Waals surface area contributed by atoms with Crippen LogP contribution in [0.2, 0.25) is 0 Å². The first-order valence-corrected chi connectivity index (χ1v) is 13.6. The number of carbonyl (C=O) groups is 3. The van der Waals surface area contributed by atoms with E-state index >= 15 is 0 Å². The summed E-state index contributed by atoms with van der Waals surface area (Å²) in [6, 6.07) is -1.09. The summed E-state index contributed by atoms with van der Waals surface area (Å²) in [5, 5.41) is 2.94. The van der Waals surface area contributed by atoms with Gasteiger partial charge in [0.15, 0.2) is 0 Å². The zero-order valence-electron chi connectivity index (χ0n) is 24.1. The number of ether oxygens (including phenoxy) is 2. The van der Waals surface area contributed by atoms with Crippen LogP contribution in [0.15, 0.2) is 0 Å². The normalized spacial score (nSPS) is 21.0. The van der Waals surface area contributed by atoms with Crippen LogP contribution in [0, 0.1) is 17.8 Å². The summed E-state index contributed by atoms with van der Waals surface area (Å²) in [5.41, 5.74) is 6.18. The lowest BCUT2D eigenvalue weighted by atomic mass is 9.89. The molecule has 1 saturated heterocycles. The number of nitrogens with zero attached hydrogens (tertiary/aromatic N) is 2. The van der Waals surface area contributed by atoms with Gasteiger partial charge in [0, 0.05) is 34.4 Å². The average Bonchev–Trinajstić information content (AvgIpc) is 3.35. The van der Waals surface area contributed by atoms with Crippen molar-refractivity contribution >= 4 is 17.7 Å². The van der Waals surface area contributed by atoms with Gasteiger partial charge in [-0.1, -0.05) is 48.0 Å². The van der Waals surface area contributed by atoms with Crippen molar-refractivity contribution < 1.29 is 23.9 Å². The predicted molar refractivity (Wildman–Crippen MR) is 142 cm³/mol. The molecule has 0 aromatic heterocycles. The van der Waals surface area contributed by atoms with E-state index in [1.54, 1.807) is 26.2 Å². The van der Waals surface area contributed by atoms with Crippen molar-refractivity contribution in [3.8, 4) is 0 Å². The molecule has 0 unspecified atom stereocenters. The monoisotopic (exact) mass is 512 g/mol. The molecule has 0 aromatic rings. The van der Waals surface area contributed by atoms with Gasteiger partial charge in [-0.15, -0.1) is 0 Å². The van der Waals surface area contributed by atoms with Gasteiger partial charge in [-0.05, 0) is 31.1 Å². The Morgan fingerprint density at radius 2 is 1.75 bits per heavy atom. The molecule has 3 amide bonds. The van der Waals surface area contributed by atoms with Gasteiger partial charge >= 0.3 is 0 Å². The standard InChI is InChI=1S/C27H52N4O5/c1-10-14-29-26(33)19(6)25(36-9)20-13-12-15-31(20)22(32)16-21(35-8)24(18(5)11-2)30(7)27(34)23(28)17(3)4/h17-21,23-25H,10-16,28H2,1-9H3,(H,29,33)/t18-,19+,20-,21+,23-,24-,25+/m0/s1. The molecule has 0 spiro atoms. The zero-order chi connectivity index (χ0) is 27.6. The maximum atomic E-state index is 13.6. The minimum Gasteiger partial charge on any atom is -0.379 e. The topological polar surface area (TPSA) is 114 Å². The second-order valence-corrected chi connectivity index (χ2v) is 10.7. The molecule has 3 N–H and O–H groups in total. The molecular weight excluding hydrogens is 460 g/mol. The maximum absolute atomic E-state index is 13.6. The van der Waals surface area contributed by atoms with Crippen molar-refractivity contribution in [2.45, 2.75) is 104 Å². The molecule has 0 bridgehead atoms. The third kappa shape index (κ3) is 8.15. The first-order valence-electron chi connectivity index (χ1n) is 13.6. The van der Waals surface area contributed by atoms with E-state index in [0.29, 0.717) is 13.1 Å².